The molecular formula is C6H5BIN. The number of nitrogen functional groups attached to an aromatic ring is 1. The molecular weight excluding hydrogens is 224 g/mol. The van der Waals surface area contributed by atoms with Crippen LogP contribution in [0.25, 0.3) is 0 Å². The summed E-state index contributed by atoms with van der Waals surface area (Å²) in [4.78, 5) is 0. The summed E-state index contributed by atoms with van der Waals surface area (Å²) in [6, 6.07) is 5.48. The molecule has 0 spiro atoms. The smallest absolute Gasteiger partial charge is 0.113 e. The minimum Gasteiger partial charge on any atom is -0.399 e. The average Bonchev–Trinajstić information content (AvgIpc) is 1.59. The molecule has 0 heterocycles. The highest BCUT2D eigenvalue weighted by Gasteiger charge is 1.89. The Bertz CT molecular complexity index is 174. The highest BCUT2D eigenvalue weighted by atomic mass is 127. The van der Waals surface area contributed by atoms with Crippen LogP contribution in [0.2, 0.25) is 0 Å². The maximum atomic E-state index is 5.47. The molecule has 0 aliphatic carbocycles. The summed E-state index contributed by atoms with van der Waals surface area (Å²) < 4.78 is 1.07. The number of halogens is 1. The maximum Gasteiger partial charge on any atom is 0.113 e. The van der Waals surface area contributed by atoms with Gasteiger partial charge in [0, 0.05) is 9.26 Å². The monoisotopic (exact) mass is 229 g/mol. The van der Waals surface area contributed by atoms with Crippen molar-refractivity contribution >= 4 is 41.6 Å². The van der Waals surface area contributed by atoms with E-state index < -0.39 is 0 Å². The van der Waals surface area contributed by atoms with Crippen LogP contribution in [0.15, 0.2) is 18.2 Å². The predicted octanol–water partition coefficient (Wildman–Crippen LogP) is 0.667. The van der Waals surface area contributed by atoms with Gasteiger partial charge in [0.1, 0.15) is 7.85 Å². The van der Waals surface area contributed by atoms with Gasteiger partial charge in [-0.25, -0.2) is 0 Å². The number of anilines is 1. The molecule has 0 amide bonds. The fourth-order valence-electron chi connectivity index (χ4n) is 0.636. The van der Waals surface area contributed by atoms with Crippen molar-refractivity contribution in [3.63, 3.8) is 0 Å². The summed E-state index contributed by atoms with van der Waals surface area (Å²) in [5, 5.41) is 0. The van der Waals surface area contributed by atoms with Gasteiger partial charge in [0.25, 0.3) is 0 Å². The molecule has 0 atom stereocenters. The lowest BCUT2D eigenvalue weighted by molar-refractivity contribution is 1.67. The number of hydrogen-bond donors (Lipinski definition) is 1. The standard InChI is InChI=1S/C6H5BIN/c7-4-1-5(8)3-6(9)2-4/h1-3H,9H2. The Kier molecular flexibility index (Phi) is 2.00. The summed E-state index contributed by atoms with van der Waals surface area (Å²) in [6.07, 6.45) is 0. The lowest BCUT2D eigenvalue weighted by Crippen LogP contribution is -2.03. The van der Waals surface area contributed by atoms with Gasteiger partial charge in [-0.15, -0.1) is 0 Å². The Hall–Kier alpha value is -0.185. The fourth-order valence-corrected chi connectivity index (χ4v) is 1.36. The van der Waals surface area contributed by atoms with Gasteiger partial charge in [0.05, 0.1) is 0 Å². The van der Waals surface area contributed by atoms with Crippen LogP contribution in [-0.2, 0) is 0 Å². The van der Waals surface area contributed by atoms with Crippen LogP contribution in [0.3, 0.4) is 0 Å². The molecule has 9 heavy (non-hydrogen) atoms. The Labute approximate surface area is 69.2 Å². The molecule has 3 heteroatoms. The summed E-state index contributed by atoms with van der Waals surface area (Å²) in [7, 11) is 5.47. The van der Waals surface area contributed by atoms with Crippen LogP contribution < -0.4 is 11.2 Å². The van der Waals surface area contributed by atoms with Crippen molar-refractivity contribution in [2.75, 3.05) is 5.73 Å². The van der Waals surface area contributed by atoms with E-state index in [0.717, 1.165) is 14.7 Å². The minimum atomic E-state index is 0.722. The number of benzene rings is 1. The lowest BCUT2D eigenvalue weighted by Gasteiger charge is -1.96. The van der Waals surface area contributed by atoms with Gasteiger partial charge in [-0.05, 0) is 34.7 Å². The minimum absolute atomic E-state index is 0.722. The SMILES string of the molecule is [B]c1cc(N)cc(I)c1. The van der Waals surface area contributed by atoms with Crippen molar-refractivity contribution in [2.24, 2.45) is 0 Å². The maximum absolute atomic E-state index is 5.47. The van der Waals surface area contributed by atoms with Gasteiger partial charge < -0.3 is 5.73 Å². The fraction of sp³-hybridized carbons (Fsp3) is 0. The summed E-state index contributed by atoms with van der Waals surface area (Å²) in [5.74, 6) is 0. The second-order valence-electron chi connectivity index (χ2n) is 1.82. The van der Waals surface area contributed by atoms with Crippen LogP contribution in [0.5, 0.6) is 0 Å². The molecule has 1 aromatic rings. The average molecular weight is 229 g/mol. The molecule has 2 N–H and O–H groups in total. The Morgan fingerprint density at radius 3 is 2.44 bits per heavy atom. The molecule has 1 aromatic carbocycles. The van der Waals surface area contributed by atoms with E-state index in [1.165, 1.54) is 0 Å². The normalized spacial score (nSPS) is 9.44. The first-order valence-electron chi connectivity index (χ1n) is 2.50. The first-order valence-corrected chi connectivity index (χ1v) is 3.58. The van der Waals surface area contributed by atoms with Gasteiger partial charge in [-0.2, -0.15) is 0 Å². The molecule has 0 unspecified atom stereocenters. The molecule has 1 nitrogen and oxygen atoms in total. The summed E-state index contributed by atoms with van der Waals surface area (Å²) in [6.45, 7) is 0. The largest absolute Gasteiger partial charge is 0.399 e. The van der Waals surface area contributed by atoms with Gasteiger partial charge in [0.15, 0.2) is 0 Å². The first-order chi connectivity index (χ1) is 4.18. The molecule has 0 aliphatic rings. The lowest BCUT2D eigenvalue weighted by atomic mass is 9.96. The molecule has 0 saturated heterocycles. The van der Waals surface area contributed by atoms with Crippen molar-refractivity contribution in [2.45, 2.75) is 0 Å². The zero-order valence-corrected chi connectivity index (χ0v) is 6.92. The van der Waals surface area contributed by atoms with E-state index >= 15 is 0 Å². The van der Waals surface area contributed by atoms with Crippen LogP contribution in [0.4, 0.5) is 5.69 Å². The molecule has 0 fully saturated rings. The molecule has 0 aliphatic heterocycles. The predicted molar refractivity (Wildman–Crippen MR) is 49.0 cm³/mol. The molecule has 0 aromatic heterocycles. The van der Waals surface area contributed by atoms with Crippen LogP contribution in [-0.4, -0.2) is 7.85 Å². The Balaban J connectivity index is 3.17. The number of rotatable bonds is 0. The number of hydrogen-bond acceptors (Lipinski definition) is 1. The van der Waals surface area contributed by atoms with Gasteiger partial charge >= 0.3 is 0 Å². The van der Waals surface area contributed by atoms with Crippen molar-refractivity contribution in [1.82, 2.24) is 0 Å². The van der Waals surface area contributed by atoms with Crippen LogP contribution >= 0.6 is 22.6 Å². The zero-order valence-electron chi connectivity index (χ0n) is 4.76. The van der Waals surface area contributed by atoms with Gasteiger partial charge in [-0.1, -0.05) is 11.5 Å². The molecule has 1 rings (SSSR count). The molecule has 2 radical (unpaired) electrons. The molecule has 44 valence electrons. The van der Waals surface area contributed by atoms with E-state index in [4.69, 9.17) is 13.6 Å². The molecule has 0 saturated carbocycles. The highest BCUT2D eigenvalue weighted by Crippen LogP contribution is 2.05. The Morgan fingerprint density at radius 2 is 2.00 bits per heavy atom. The van der Waals surface area contributed by atoms with E-state index in [9.17, 15) is 0 Å². The third-order valence-electron chi connectivity index (χ3n) is 0.942. The summed E-state index contributed by atoms with van der Waals surface area (Å²) in [5.41, 5.74) is 6.92. The summed E-state index contributed by atoms with van der Waals surface area (Å²) >= 11 is 2.17. The van der Waals surface area contributed by atoms with Crippen molar-refractivity contribution in [3.05, 3.63) is 21.8 Å². The quantitative estimate of drug-likeness (QED) is 0.394. The van der Waals surface area contributed by atoms with Gasteiger partial charge in [-0.3, -0.25) is 0 Å². The van der Waals surface area contributed by atoms with E-state index in [-0.39, 0.29) is 0 Å². The second-order valence-corrected chi connectivity index (χ2v) is 3.06. The van der Waals surface area contributed by atoms with E-state index in [2.05, 4.69) is 22.6 Å². The van der Waals surface area contributed by atoms with Crippen LogP contribution in [0.1, 0.15) is 0 Å². The highest BCUT2D eigenvalue weighted by molar-refractivity contribution is 14.1. The third-order valence-corrected chi connectivity index (χ3v) is 1.57. The number of nitrogens with two attached hydrogens (primary N) is 1. The third kappa shape index (κ3) is 1.89. The second kappa shape index (κ2) is 2.60. The van der Waals surface area contributed by atoms with Crippen molar-refractivity contribution in [3.8, 4) is 0 Å². The van der Waals surface area contributed by atoms with E-state index in [1.807, 2.05) is 12.1 Å². The zero-order chi connectivity index (χ0) is 6.85. The van der Waals surface area contributed by atoms with Crippen LogP contribution in [0, 0.1) is 3.57 Å². The Morgan fingerprint density at radius 1 is 1.33 bits per heavy atom. The topological polar surface area (TPSA) is 26.0 Å². The molecule has 0 bridgehead atoms. The van der Waals surface area contributed by atoms with Crippen molar-refractivity contribution in [1.29, 1.82) is 0 Å². The van der Waals surface area contributed by atoms with E-state index in [1.54, 1.807) is 6.07 Å². The van der Waals surface area contributed by atoms with Crippen molar-refractivity contribution < 1.29 is 0 Å². The first kappa shape index (κ1) is 6.93. The van der Waals surface area contributed by atoms with Gasteiger partial charge in [0.2, 0.25) is 0 Å². The van der Waals surface area contributed by atoms with E-state index in [0.29, 0.717) is 0 Å².